The van der Waals surface area contributed by atoms with Gasteiger partial charge in [-0.05, 0) is 53.6 Å². The normalized spacial score (nSPS) is 18.0. The first kappa shape index (κ1) is 18.7. The summed E-state index contributed by atoms with van der Waals surface area (Å²) in [5.41, 5.74) is 3.37. The van der Waals surface area contributed by atoms with Crippen LogP contribution in [0.5, 0.6) is 0 Å². The first-order valence-corrected chi connectivity index (χ1v) is 10.4. The molecule has 2 aliphatic rings. The Morgan fingerprint density at radius 1 is 1.03 bits per heavy atom. The predicted molar refractivity (Wildman–Crippen MR) is 114 cm³/mol. The molecule has 3 aromatic rings. The van der Waals surface area contributed by atoms with Crippen molar-refractivity contribution >= 4 is 22.5 Å². The zero-order valence-electron chi connectivity index (χ0n) is 16.9. The summed E-state index contributed by atoms with van der Waals surface area (Å²) < 4.78 is 1.16. The molecule has 2 heterocycles. The molecule has 0 spiro atoms. The average Bonchev–Trinajstić information content (AvgIpc) is 3.20. The van der Waals surface area contributed by atoms with Crippen molar-refractivity contribution in [2.75, 3.05) is 13.1 Å². The molecule has 0 bridgehead atoms. The lowest BCUT2D eigenvalue weighted by Gasteiger charge is -2.32. The van der Waals surface area contributed by atoms with Crippen molar-refractivity contribution in [3.63, 3.8) is 0 Å². The van der Waals surface area contributed by atoms with Crippen LogP contribution in [0.15, 0.2) is 47.3 Å². The maximum Gasteiger partial charge on any atom is 0.274 e. The van der Waals surface area contributed by atoms with Gasteiger partial charge in [0.2, 0.25) is 0 Å². The minimum Gasteiger partial charge on any atom is -0.337 e. The van der Waals surface area contributed by atoms with E-state index in [9.17, 15) is 14.4 Å². The number of aryl methyl sites for hydroxylation is 3. The van der Waals surface area contributed by atoms with Gasteiger partial charge in [-0.15, -0.1) is 0 Å². The van der Waals surface area contributed by atoms with Gasteiger partial charge in [0.25, 0.3) is 11.5 Å². The first-order valence-electron chi connectivity index (χ1n) is 10.4. The summed E-state index contributed by atoms with van der Waals surface area (Å²) in [5.74, 6) is -0.353. The molecule has 0 radical (unpaired) electrons. The van der Waals surface area contributed by atoms with E-state index in [-0.39, 0.29) is 28.9 Å². The van der Waals surface area contributed by atoms with Crippen molar-refractivity contribution in [2.45, 2.75) is 25.7 Å². The first-order chi connectivity index (χ1) is 14.5. The molecule has 152 valence electrons. The van der Waals surface area contributed by atoms with Gasteiger partial charge in [-0.25, -0.2) is 4.68 Å². The maximum atomic E-state index is 13.5. The highest BCUT2D eigenvalue weighted by atomic mass is 16.2. The third-order valence-electron chi connectivity index (χ3n) is 6.40. The number of rotatable bonds is 3. The van der Waals surface area contributed by atoms with Crippen molar-refractivity contribution in [1.29, 1.82) is 0 Å². The Morgan fingerprint density at radius 2 is 1.83 bits per heavy atom. The number of ketones is 1. The summed E-state index contributed by atoms with van der Waals surface area (Å²) in [6.07, 6.45) is 3.60. The van der Waals surface area contributed by atoms with E-state index >= 15 is 0 Å². The van der Waals surface area contributed by atoms with Crippen LogP contribution in [0.4, 0.5) is 0 Å². The fourth-order valence-corrected chi connectivity index (χ4v) is 4.84. The van der Waals surface area contributed by atoms with Gasteiger partial charge in [-0.2, -0.15) is 5.10 Å². The molecule has 1 aliphatic carbocycles. The van der Waals surface area contributed by atoms with Crippen LogP contribution in [0.2, 0.25) is 0 Å². The molecule has 2 aromatic carbocycles. The third kappa shape index (κ3) is 3.03. The van der Waals surface area contributed by atoms with E-state index in [4.69, 9.17) is 0 Å². The smallest absolute Gasteiger partial charge is 0.274 e. The molecular formula is C24H23N3O3. The largest absolute Gasteiger partial charge is 0.337 e. The molecule has 1 aliphatic heterocycles. The van der Waals surface area contributed by atoms with E-state index in [1.54, 1.807) is 4.90 Å². The SMILES string of the molecule is Cn1nc(C(=O)N2CCCC(C(=O)c3ccc4c5c(cccc35)CC4)C2)ccc1=O. The summed E-state index contributed by atoms with van der Waals surface area (Å²) in [4.78, 5) is 39.6. The molecule has 0 saturated carbocycles. The Hall–Kier alpha value is -3.28. The molecular weight excluding hydrogens is 378 g/mol. The van der Waals surface area contributed by atoms with Crippen LogP contribution in [-0.4, -0.2) is 39.5 Å². The Morgan fingerprint density at radius 3 is 2.63 bits per heavy atom. The molecule has 1 atom stereocenters. The predicted octanol–water partition coefficient (Wildman–Crippen LogP) is 2.77. The lowest BCUT2D eigenvalue weighted by molar-refractivity contribution is 0.0630. The van der Waals surface area contributed by atoms with Crippen LogP contribution in [0, 0.1) is 5.92 Å². The molecule has 1 saturated heterocycles. The van der Waals surface area contributed by atoms with Crippen LogP contribution >= 0.6 is 0 Å². The van der Waals surface area contributed by atoms with Crippen LogP contribution in [0.25, 0.3) is 10.8 Å². The van der Waals surface area contributed by atoms with Gasteiger partial charge >= 0.3 is 0 Å². The summed E-state index contributed by atoms with van der Waals surface area (Å²) in [7, 11) is 1.53. The lowest BCUT2D eigenvalue weighted by atomic mass is 9.87. The van der Waals surface area contributed by atoms with Gasteiger partial charge in [0.05, 0.1) is 0 Å². The molecule has 30 heavy (non-hydrogen) atoms. The minimum atomic E-state index is -0.259. The molecule has 6 nitrogen and oxygen atoms in total. The number of carbonyl (C=O) groups is 2. The molecule has 5 rings (SSSR count). The Balaban J connectivity index is 1.42. The number of aromatic nitrogens is 2. The molecule has 1 fully saturated rings. The number of carbonyl (C=O) groups excluding carboxylic acids is 2. The van der Waals surface area contributed by atoms with E-state index in [1.165, 1.54) is 35.7 Å². The van der Waals surface area contributed by atoms with Crippen LogP contribution in [0.1, 0.15) is 44.8 Å². The van der Waals surface area contributed by atoms with Gasteiger partial charge < -0.3 is 4.90 Å². The quantitative estimate of drug-likeness (QED) is 0.633. The van der Waals surface area contributed by atoms with Gasteiger partial charge in [0.1, 0.15) is 5.69 Å². The van der Waals surface area contributed by atoms with E-state index in [1.807, 2.05) is 18.2 Å². The fraction of sp³-hybridized carbons (Fsp3) is 0.333. The van der Waals surface area contributed by atoms with Crippen LogP contribution in [0.3, 0.4) is 0 Å². The van der Waals surface area contributed by atoms with E-state index in [2.05, 4.69) is 17.2 Å². The zero-order valence-corrected chi connectivity index (χ0v) is 16.9. The van der Waals surface area contributed by atoms with Crippen LogP contribution in [-0.2, 0) is 19.9 Å². The highest BCUT2D eigenvalue weighted by Gasteiger charge is 2.31. The van der Waals surface area contributed by atoms with Crippen molar-refractivity contribution in [1.82, 2.24) is 14.7 Å². The average molecular weight is 401 g/mol. The molecule has 6 heteroatoms. The second-order valence-electron chi connectivity index (χ2n) is 8.25. The topological polar surface area (TPSA) is 72.3 Å². The number of likely N-dealkylation sites (tertiary alicyclic amines) is 1. The Bertz CT molecular complexity index is 1230. The maximum absolute atomic E-state index is 13.5. The monoisotopic (exact) mass is 401 g/mol. The third-order valence-corrected chi connectivity index (χ3v) is 6.40. The van der Waals surface area contributed by atoms with Crippen molar-refractivity contribution in [3.8, 4) is 0 Å². The fourth-order valence-electron chi connectivity index (χ4n) is 4.84. The van der Waals surface area contributed by atoms with Crippen molar-refractivity contribution < 1.29 is 9.59 Å². The molecule has 1 aromatic heterocycles. The van der Waals surface area contributed by atoms with Gasteiger partial charge in [-0.3, -0.25) is 14.4 Å². The molecule has 1 amide bonds. The second-order valence-corrected chi connectivity index (χ2v) is 8.25. The number of hydrogen-bond acceptors (Lipinski definition) is 4. The Kier molecular flexibility index (Phi) is 4.50. The summed E-state index contributed by atoms with van der Waals surface area (Å²) in [6.45, 7) is 0.974. The number of piperidine rings is 1. The van der Waals surface area contributed by atoms with E-state index in [0.29, 0.717) is 13.1 Å². The summed E-state index contributed by atoms with van der Waals surface area (Å²) >= 11 is 0. The van der Waals surface area contributed by atoms with Gasteiger partial charge in [0.15, 0.2) is 5.78 Å². The summed E-state index contributed by atoms with van der Waals surface area (Å²) in [6, 6.07) is 13.1. The lowest BCUT2D eigenvalue weighted by Crippen LogP contribution is -2.43. The van der Waals surface area contributed by atoms with Gasteiger partial charge in [0, 0.05) is 37.7 Å². The second kappa shape index (κ2) is 7.20. The minimum absolute atomic E-state index is 0.108. The van der Waals surface area contributed by atoms with Crippen molar-refractivity contribution in [3.05, 3.63) is 75.2 Å². The van der Waals surface area contributed by atoms with Crippen molar-refractivity contribution in [2.24, 2.45) is 13.0 Å². The number of amides is 1. The number of Topliss-reactive ketones (excluding diaryl/α,β-unsaturated/α-hetero) is 1. The van der Waals surface area contributed by atoms with Crippen LogP contribution < -0.4 is 5.56 Å². The number of benzene rings is 2. The molecule has 0 N–H and O–H groups in total. The zero-order chi connectivity index (χ0) is 20.8. The Labute approximate surface area is 174 Å². The number of nitrogens with zero attached hydrogens (tertiary/aromatic N) is 3. The highest BCUT2D eigenvalue weighted by Crippen LogP contribution is 2.34. The molecule has 1 unspecified atom stereocenters. The van der Waals surface area contributed by atoms with E-state index in [0.717, 1.165) is 41.3 Å². The highest BCUT2D eigenvalue weighted by molar-refractivity contribution is 6.11. The summed E-state index contributed by atoms with van der Waals surface area (Å²) in [5, 5.41) is 6.35. The van der Waals surface area contributed by atoms with E-state index < -0.39 is 0 Å². The number of hydrogen-bond donors (Lipinski definition) is 0. The van der Waals surface area contributed by atoms with Gasteiger partial charge in [-0.1, -0.05) is 30.3 Å². The standard InChI is InChI=1S/C24H23N3O3/c1-26-21(28)12-11-20(25-26)24(30)27-13-3-5-17(14-27)23(29)19-10-9-16-8-7-15-4-2-6-18(19)22(15)16/h2,4,6,9-12,17H,3,5,7-8,13-14H2,1H3.